The highest BCUT2D eigenvalue weighted by Gasteiger charge is 2.27. The molecule has 1 fully saturated rings. The summed E-state index contributed by atoms with van der Waals surface area (Å²) in [5.41, 5.74) is 4.16. The summed E-state index contributed by atoms with van der Waals surface area (Å²) in [4.78, 5) is 21.9. The number of amides is 1. The van der Waals surface area contributed by atoms with E-state index in [9.17, 15) is 19.3 Å². The molecule has 25 heavy (non-hydrogen) atoms. The van der Waals surface area contributed by atoms with Crippen molar-refractivity contribution in [3.8, 4) is 0 Å². The minimum Gasteiger partial charge on any atom is -0.358 e. The quantitative estimate of drug-likeness (QED) is 0.431. The monoisotopic (exact) mass is 368 g/mol. The molecular weight excluding hydrogens is 347 g/mol. The standard InChI is InChI=1S/C16H21FN4O3S/c1-9-4-3-5-13(10(9)2)18-16(25)20-19-15(22)11-6-7-12(17)14(8-11)21(23)24/h6-10,13H,3-5H2,1-2H3,(H,19,22)(H2,18,20,25)/t9-,10+,13-/m0/s1. The van der Waals surface area contributed by atoms with Gasteiger partial charge < -0.3 is 5.32 Å². The van der Waals surface area contributed by atoms with Gasteiger partial charge in [-0.3, -0.25) is 25.8 Å². The highest BCUT2D eigenvalue weighted by molar-refractivity contribution is 7.80. The first-order chi connectivity index (χ1) is 11.8. The summed E-state index contributed by atoms with van der Waals surface area (Å²) in [6, 6.07) is 3.16. The Bertz CT molecular complexity index is 685. The molecule has 9 heteroatoms. The van der Waals surface area contributed by atoms with Crippen molar-refractivity contribution in [3.63, 3.8) is 0 Å². The Kier molecular flexibility index (Phi) is 6.24. The van der Waals surface area contributed by atoms with Crippen molar-refractivity contribution in [3.05, 3.63) is 39.7 Å². The highest BCUT2D eigenvalue weighted by atomic mass is 32.1. The number of carbonyl (C=O) groups excluding carboxylic acids is 1. The zero-order chi connectivity index (χ0) is 18.6. The molecule has 1 saturated carbocycles. The van der Waals surface area contributed by atoms with Gasteiger partial charge in [-0.25, -0.2) is 0 Å². The van der Waals surface area contributed by atoms with Crippen molar-refractivity contribution in [2.75, 3.05) is 0 Å². The molecule has 0 unspecified atom stereocenters. The Hall–Kier alpha value is -2.29. The van der Waals surface area contributed by atoms with E-state index in [0.717, 1.165) is 25.0 Å². The van der Waals surface area contributed by atoms with E-state index in [1.54, 1.807) is 0 Å². The normalized spacial score (nSPS) is 22.8. The molecule has 2 rings (SSSR count). The van der Waals surface area contributed by atoms with Gasteiger partial charge in [0.05, 0.1) is 4.92 Å². The van der Waals surface area contributed by atoms with Crippen LogP contribution in [0.5, 0.6) is 0 Å². The maximum absolute atomic E-state index is 13.3. The Morgan fingerprint density at radius 3 is 2.72 bits per heavy atom. The van der Waals surface area contributed by atoms with Crippen LogP contribution in [0.2, 0.25) is 0 Å². The summed E-state index contributed by atoms with van der Waals surface area (Å²) in [5.74, 6) is -0.572. The predicted molar refractivity (Wildman–Crippen MR) is 95.4 cm³/mol. The number of nitro benzene ring substituents is 1. The van der Waals surface area contributed by atoms with Crippen molar-refractivity contribution in [1.29, 1.82) is 0 Å². The Morgan fingerprint density at radius 1 is 1.32 bits per heavy atom. The molecule has 0 saturated heterocycles. The molecule has 7 nitrogen and oxygen atoms in total. The number of nitrogens with zero attached hydrogens (tertiary/aromatic N) is 1. The average molecular weight is 368 g/mol. The Balaban J connectivity index is 1.90. The van der Waals surface area contributed by atoms with Gasteiger partial charge in [-0.2, -0.15) is 4.39 Å². The molecule has 0 heterocycles. The van der Waals surface area contributed by atoms with Gasteiger partial charge in [0, 0.05) is 17.7 Å². The summed E-state index contributed by atoms with van der Waals surface area (Å²) in [6.45, 7) is 4.37. The van der Waals surface area contributed by atoms with Crippen LogP contribution in [-0.4, -0.2) is 22.0 Å². The van der Waals surface area contributed by atoms with E-state index in [1.165, 1.54) is 12.5 Å². The minimum absolute atomic E-state index is 0.0388. The van der Waals surface area contributed by atoms with Crippen LogP contribution in [0.1, 0.15) is 43.5 Å². The molecular formula is C16H21FN4O3S. The first kappa shape index (κ1) is 19.0. The molecule has 3 N–H and O–H groups in total. The summed E-state index contributed by atoms with van der Waals surface area (Å²) in [6.07, 6.45) is 3.32. The molecule has 1 amide bonds. The zero-order valence-corrected chi connectivity index (χ0v) is 14.9. The third-order valence-corrected chi connectivity index (χ3v) is 4.94. The molecule has 1 aliphatic carbocycles. The van der Waals surface area contributed by atoms with Crippen LogP contribution in [0.15, 0.2) is 18.2 Å². The zero-order valence-electron chi connectivity index (χ0n) is 14.0. The van der Waals surface area contributed by atoms with Crippen molar-refractivity contribution < 1.29 is 14.1 Å². The van der Waals surface area contributed by atoms with Crippen LogP contribution in [0, 0.1) is 27.8 Å². The largest absolute Gasteiger partial charge is 0.358 e. The number of hydrazine groups is 1. The van der Waals surface area contributed by atoms with E-state index in [-0.39, 0.29) is 16.7 Å². The van der Waals surface area contributed by atoms with E-state index in [1.807, 2.05) is 0 Å². The highest BCUT2D eigenvalue weighted by Crippen LogP contribution is 2.29. The predicted octanol–water partition coefficient (Wildman–Crippen LogP) is 2.67. The summed E-state index contributed by atoms with van der Waals surface area (Å²) in [7, 11) is 0. The van der Waals surface area contributed by atoms with Crippen LogP contribution in [0.25, 0.3) is 0 Å². The minimum atomic E-state index is -0.993. The smallest absolute Gasteiger partial charge is 0.305 e. The van der Waals surface area contributed by atoms with Gasteiger partial charge in [-0.05, 0) is 42.6 Å². The van der Waals surface area contributed by atoms with Gasteiger partial charge in [-0.1, -0.05) is 26.7 Å². The molecule has 0 radical (unpaired) electrons. The fourth-order valence-electron chi connectivity index (χ4n) is 2.97. The van der Waals surface area contributed by atoms with E-state index in [4.69, 9.17) is 12.2 Å². The Labute approximate surface area is 150 Å². The lowest BCUT2D eigenvalue weighted by Gasteiger charge is -2.35. The Morgan fingerprint density at radius 2 is 2.04 bits per heavy atom. The SMILES string of the molecule is C[C@H]1[C@@H](NC(=S)NNC(=O)c2ccc(F)c([N+](=O)[O-])c2)CCC[C@@H]1C. The maximum Gasteiger partial charge on any atom is 0.305 e. The molecule has 3 atom stereocenters. The number of halogens is 1. The van der Waals surface area contributed by atoms with E-state index < -0.39 is 22.3 Å². The van der Waals surface area contributed by atoms with E-state index >= 15 is 0 Å². The van der Waals surface area contributed by atoms with Crippen LogP contribution >= 0.6 is 12.2 Å². The van der Waals surface area contributed by atoms with Gasteiger partial charge in [0.15, 0.2) is 5.11 Å². The first-order valence-corrected chi connectivity index (χ1v) is 8.51. The van der Waals surface area contributed by atoms with Crippen LogP contribution in [0.4, 0.5) is 10.1 Å². The molecule has 0 spiro atoms. The lowest BCUT2D eigenvalue weighted by atomic mass is 9.78. The number of rotatable bonds is 3. The van der Waals surface area contributed by atoms with Crippen LogP contribution < -0.4 is 16.2 Å². The molecule has 136 valence electrons. The molecule has 1 aromatic rings. The molecule has 1 aromatic carbocycles. The summed E-state index contributed by atoms with van der Waals surface area (Å²) < 4.78 is 13.3. The van der Waals surface area contributed by atoms with Crippen LogP contribution in [0.3, 0.4) is 0 Å². The number of hydrogen-bond acceptors (Lipinski definition) is 4. The number of hydrogen-bond donors (Lipinski definition) is 3. The summed E-state index contributed by atoms with van der Waals surface area (Å²) >= 11 is 5.18. The van der Waals surface area contributed by atoms with E-state index in [0.29, 0.717) is 11.8 Å². The third kappa shape index (κ3) is 4.85. The fourth-order valence-corrected chi connectivity index (χ4v) is 3.17. The third-order valence-electron chi connectivity index (χ3n) is 4.72. The van der Waals surface area contributed by atoms with E-state index in [2.05, 4.69) is 30.0 Å². The molecule has 0 aliphatic heterocycles. The van der Waals surface area contributed by atoms with Crippen molar-refractivity contribution in [1.82, 2.24) is 16.2 Å². The van der Waals surface area contributed by atoms with Crippen molar-refractivity contribution in [2.24, 2.45) is 11.8 Å². The first-order valence-electron chi connectivity index (χ1n) is 8.10. The van der Waals surface area contributed by atoms with Gasteiger partial charge in [0.1, 0.15) is 0 Å². The second-order valence-electron chi connectivity index (χ2n) is 6.35. The van der Waals surface area contributed by atoms with Crippen molar-refractivity contribution >= 4 is 28.9 Å². The van der Waals surface area contributed by atoms with Gasteiger partial charge in [0.2, 0.25) is 5.82 Å². The number of carbonyl (C=O) groups is 1. The number of nitro groups is 1. The van der Waals surface area contributed by atoms with Crippen LogP contribution in [-0.2, 0) is 0 Å². The number of benzene rings is 1. The lowest BCUT2D eigenvalue weighted by molar-refractivity contribution is -0.387. The van der Waals surface area contributed by atoms with Gasteiger partial charge in [0.25, 0.3) is 5.91 Å². The number of thiocarbonyl (C=S) groups is 1. The maximum atomic E-state index is 13.3. The van der Waals surface area contributed by atoms with Crippen molar-refractivity contribution in [2.45, 2.75) is 39.2 Å². The van der Waals surface area contributed by atoms with Gasteiger partial charge >= 0.3 is 5.69 Å². The fraction of sp³-hybridized carbons (Fsp3) is 0.500. The number of nitrogens with one attached hydrogen (secondary N) is 3. The van der Waals surface area contributed by atoms with Gasteiger partial charge in [-0.15, -0.1) is 0 Å². The second-order valence-corrected chi connectivity index (χ2v) is 6.76. The summed E-state index contributed by atoms with van der Waals surface area (Å²) in [5, 5.41) is 14.2. The molecule has 1 aliphatic rings. The molecule has 0 aromatic heterocycles. The molecule has 0 bridgehead atoms. The average Bonchev–Trinajstić information content (AvgIpc) is 2.57. The topological polar surface area (TPSA) is 96.3 Å². The second kappa shape index (κ2) is 8.19. The lowest BCUT2D eigenvalue weighted by Crippen LogP contribution is -2.52.